The van der Waals surface area contributed by atoms with Crippen LogP contribution in [0.4, 0.5) is 0 Å². The van der Waals surface area contributed by atoms with E-state index in [1.54, 1.807) is 11.3 Å². The lowest BCUT2D eigenvalue weighted by atomic mass is 9.81. The van der Waals surface area contributed by atoms with Gasteiger partial charge in [-0.15, -0.1) is 0 Å². The molecule has 3 nitrogen and oxygen atoms in total. The lowest BCUT2D eigenvalue weighted by Gasteiger charge is -2.27. The van der Waals surface area contributed by atoms with Gasteiger partial charge in [0.1, 0.15) is 0 Å². The molecule has 2 rings (SSSR count). The molecule has 3 N–H and O–H groups in total. The van der Waals surface area contributed by atoms with Gasteiger partial charge in [0, 0.05) is 5.92 Å². The first-order valence-corrected chi connectivity index (χ1v) is 7.67. The number of rotatable bonds is 4. The number of nitrogens with two attached hydrogens (primary N) is 1. The maximum absolute atomic E-state index is 12.2. The topological polar surface area (TPSA) is 55.1 Å². The maximum Gasteiger partial charge on any atom is 0.223 e. The van der Waals surface area contributed by atoms with Crippen LogP contribution < -0.4 is 11.1 Å². The number of thiophene rings is 1. The number of hydrogen-bond donors (Lipinski definition) is 2. The van der Waals surface area contributed by atoms with E-state index in [1.807, 2.05) is 12.3 Å². The summed E-state index contributed by atoms with van der Waals surface area (Å²) in [6.07, 6.45) is 4.18. The van der Waals surface area contributed by atoms with Crippen molar-refractivity contribution in [1.29, 1.82) is 0 Å². The molecule has 0 aliphatic heterocycles. The minimum absolute atomic E-state index is 0.121. The minimum Gasteiger partial charge on any atom is -0.349 e. The number of carbonyl (C=O) groups excluding carboxylic acids is 1. The molecule has 1 fully saturated rings. The zero-order chi connectivity index (χ0) is 13.0. The quantitative estimate of drug-likeness (QED) is 0.880. The van der Waals surface area contributed by atoms with Crippen LogP contribution in [0, 0.1) is 11.8 Å². The molecular formula is C14H22N2OS. The molecule has 1 saturated carbocycles. The van der Waals surface area contributed by atoms with Crippen LogP contribution in [0.15, 0.2) is 16.8 Å². The number of amides is 1. The fraction of sp³-hybridized carbons (Fsp3) is 0.643. The molecule has 1 amide bonds. The van der Waals surface area contributed by atoms with Crippen molar-refractivity contribution >= 4 is 17.2 Å². The van der Waals surface area contributed by atoms with Gasteiger partial charge in [0.25, 0.3) is 0 Å². The number of carbonyl (C=O) groups is 1. The summed E-state index contributed by atoms with van der Waals surface area (Å²) < 4.78 is 0. The predicted octanol–water partition coefficient (Wildman–Crippen LogP) is 2.69. The third-order valence-corrected chi connectivity index (χ3v) is 4.65. The molecule has 0 radical (unpaired) electrons. The Bertz CT molecular complexity index is 369. The Morgan fingerprint density at radius 3 is 2.78 bits per heavy atom. The zero-order valence-corrected chi connectivity index (χ0v) is 11.7. The van der Waals surface area contributed by atoms with Crippen LogP contribution in [-0.4, -0.2) is 12.5 Å². The van der Waals surface area contributed by atoms with E-state index >= 15 is 0 Å². The highest BCUT2D eigenvalue weighted by Crippen LogP contribution is 2.28. The Morgan fingerprint density at radius 2 is 2.22 bits per heavy atom. The van der Waals surface area contributed by atoms with E-state index in [1.165, 1.54) is 5.56 Å². The summed E-state index contributed by atoms with van der Waals surface area (Å²) in [5.74, 6) is 1.03. The van der Waals surface area contributed by atoms with Gasteiger partial charge in [-0.1, -0.05) is 0 Å². The fourth-order valence-corrected chi connectivity index (χ4v) is 3.35. The summed E-state index contributed by atoms with van der Waals surface area (Å²) in [6, 6.07) is 2.19. The van der Waals surface area contributed by atoms with Crippen molar-refractivity contribution in [2.75, 3.05) is 6.54 Å². The van der Waals surface area contributed by atoms with Crippen LogP contribution in [-0.2, 0) is 4.79 Å². The predicted molar refractivity (Wildman–Crippen MR) is 75.4 cm³/mol. The molecular weight excluding hydrogens is 244 g/mol. The summed E-state index contributed by atoms with van der Waals surface area (Å²) in [6.45, 7) is 2.81. The second-order valence-corrected chi connectivity index (χ2v) is 6.02. The molecule has 1 aliphatic rings. The second kappa shape index (κ2) is 6.34. The summed E-state index contributed by atoms with van der Waals surface area (Å²) in [5.41, 5.74) is 6.87. The molecule has 18 heavy (non-hydrogen) atoms. The van der Waals surface area contributed by atoms with Crippen LogP contribution in [0.2, 0.25) is 0 Å². The van der Waals surface area contributed by atoms with Gasteiger partial charge in [-0.3, -0.25) is 4.79 Å². The van der Waals surface area contributed by atoms with Crippen molar-refractivity contribution in [3.63, 3.8) is 0 Å². The van der Waals surface area contributed by atoms with Crippen LogP contribution >= 0.6 is 11.3 Å². The minimum atomic E-state index is 0.121. The molecule has 0 bridgehead atoms. The molecule has 0 spiro atoms. The van der Waals surface area contributed by atoms with E-state index < -0.39 is 0 Å². The summed E-state index contributed by atoms with van der Waals surface area (Å²) >= 11 is 1.67. The first-order chi connectivity index (χ1) is 8.70. The van der Waals surface area contributed by atoms with Gasteiger partial charge in [0.15, 0.2) is 0 Å². The Labute approximate surface area is 113 Å². The van der Waals surface area contributed by atoms with Gasteiger partial charge < -0.3 is 11.1 Å². The van der Waals surface area contributed by atoms with Gasteiger partial charge >= 0.3 is 0 Å². The normalized spacial score (nSPS) is 25.7. The van der Waals surface area contributed by atoms with E-state index in [9.17, 15) is 4.79 Å². The molecule has 1 aromatic heterocycles. The smallest absolute Gasteiger partial charge is 0.223 e. The van der Waals surface area contributed by atoms with Crippen LogP contribution in [0.5, 0.6) is 0 Å². The molecule has 1 aliphatic carbocycles. The standard InChI is InChI=1S/C14H22N2OS/c1-10(13-6-7-18-9-13)16-14(17)12-4-2-11(8-15)3-5-12/h6-7,9-12H,2-5,8,15H2,1H3,(H,16,17). The first kappa shape index (κ1) is 13.6. The van der Waals surface area contributed by atoms with E-state index in [-0.39, 0.29) is 17.9 Å². The van der Waals surface area contributed by atoms with Gasteiger partial charge in [-0.25, -0.2) is 0 Å². The molecule has 1 aromatic rings. The summed E-state index contributed by atoms with van der Waals surface area (Å²) in [5, 5.41) is 7.26. The summed E-state index contributed by atoms with van der Waals surface area (Å²) in [7, 11) is 0. The molecule has 0 saturated heterocycles. The lowest BCUT2D eigenvalue weighted by Crippen LogP contribution is -2.35. The second-order valence-electron chi connectivity index (χ2n) is 5.24. The lowest BCUT2D eigenvalue weighted by molar-refractivity contribution is -0.126. The Kier molecular flexibility index (Phi) is 4.78. The molecule has 1 heterocycles. The SMILES string of the molecule is CC(NC(=O)C1CCC(CN)CC1)c1ccsc1. The Hall–Kier alpha value is -0.870. The van der Waals surface area contributed by atoms with E-state index in [0.717, 1.165) is 32.2 Å². The van der Waals surface area contributed by atoms with Gasteiger partial charge in [0.2, 0.25) is 5.91 Å². The highest BCUT2D eigenvalue weighted by atomic mass is 32.1. The van der Waals surface area contributed by atoms with Crippen molar-refractivity contribution in [2.45, 2.75) is 38.6 Å². The van der Waals surface area contributed by atoms with Crippen molar-refractivity contribution in [2.24, 2.45) is 17.6 Å². The van der Waals surface area contributed by atoms with Crippen LogP contribution in [0.1, 0.15) is 44.2 Å². The third-order valence-electron chi connectivity index (χ3n) is 3.95. The summed E-state index contributed by atoms with van der Waals surface area (Å²) in [4.78, 5) is 12.2. The van der Waals surface area contributed by atoms with Gasteiger partial charge in [0.05, 0.1) is 6.04 Å². The Morgan fingerprint density at radius 1 is 1.50 bits per heavy atom. The number of nitrogens with one attached hydrogen (secondary N) is 1. The van der Waals surface area contributed by atoms with Crippen molar-refractivity contribution in [1.82, 2.24) is 5.32 Å². The van der Waals surface area contributed by atoms with Crippen molar-refractivity contribution < 1.29 is 4.79 Å². The van der Waals surface area contributed by atoms with Crippen molar-refractivity contribution in [3.8, 4) is 0 Å². The Balaban J connectivity index is 1.82. The molecule has 0 aromatic carbocycles. The van der Waals surface area contributed by atoms with Gasteiger partial charge in [-0.05, 0) is 67.5 Å². The van der Waals surface area contributed by atoms with E-state index in [0.29, 0.717) is 5.92 Å². The first-order valence-electron chi connectivity index (χ1n) is 6.73. The molecule has 1 atom stereocenters. The van der Waals surface area contributed by atoms with Crippen LogP contribution in [0.3, 0.4) is 0 Å². The zero-order valence-electron chi connectivity index (χ0n) is 10.9. The molecule has 1 unspecified atom stereocenters. The highest BCUT2D eigenvalue weighted by molar-refractivity contribution is 7.07. The number of hydrogen-bond acceptors (Lipinski definition) is 3. The van der Waals surface area contributed by atoms with Crippen molar-refractivity contribution in [3.05, 3.63) is 22.4 Å². The monoisotopic (exact) mass is 266 g/mol. The average molecular weight is 266 g/mol. The van der Waals surface area contributed by atoms with E-state index in [4.69, 9.17) is 5.73 Å². The van der Waals surface area contributed by atoms with E-state index in [2.05, 4.69) is 16.8 Å². The fourth-order valence-electron chi connectivity index (χ4n) is 2.60. The van der Waals surface area contributed by atoms with Gasteiger partial charge in [-0.2, -0.15) is 11.3 Å². The molecule has 100 valence electrons. The average Bonchev–Trinajstić information content (AvgIpc) is 2.92. The highest BCUT2D eigenvalue weighted by Gasteiger charge is 2.26. The van der Waals surface area contributed by atoms with Crippen LogP contribution in [0.25, 0.3) is 0 Å². The maximum atomic E-state index is 12.2. The molecule has 4 heteroatoms. The third kappa shape index (κ3) is 3.33. The largest absolute Gasteiger partial charge is 0.349 e.